The van der Waals surface area contributed by atoms with Gasteiger partial charge in [0, 0.05) is 12.6 Å². The second-order valence-corrected chi connectivity index (χ2v) is 8.34. The fourth-order valence-corrected chi connectivity index (χ4v) is 4.26. The SMILES string of the molecule is Cc1noc(-c2cccn3c(CNS(=O)(=O)c4ccc5c(c4)CCO5)nnc23)n1. The van der Waals surface area contributed by atoms with Crippen LogP contribution in [0.25, 0.3) is 17.1 Å². The van der Waals surface area contributed by atoms with Crippen LogP contribution in [0.4, 0.5) is 0 Å². The minimum Gasteiger partial charge on any atom is -0.493 e. The molecule has 4 heterocycles. The molecule has 0 aliphatic carbocycles. The molecule has 1 aliphatic rings. The number of nitrogens with zero attached hydrogens (tertiary/aromatic N) is 5. The van der Waals surface area contributed by atoms with Crippen molar-refractivity contribution in [3.8, 4) is 17.2 Å². The molecule has 0 amide bonds. The molecule has 0 fully saturated rings. The average molecular weight is 412 g/mol. The summed E-state index contributed by atoms with van der Waals surface area (Å²) < 4.78 is 40.3. The highest BCUT2D eigenvalue weighted by molar-refractivity contribution is 7.89. The van der Waals surface area contributed by atoms with E-state index in [1.807, 2.05) is 0 Å². The third-order valence-corrected chi connectivity index (χ3v) is 6.05. The first-order chi connectivity index (χ1) is 14.0. The zero-order valence-electron chi connectivity index (χ0n) is 15.4. The lowest BCUT2D eigenvalue weighted by Crippen LogP contribution is -2.24. The molecule has 1 N–H and O–H groups in total. The Morgan fingerprint density at radius 1 is 1.24 bits per heavy atom. The van der Waals surface area contributed by atoms with E-state index in [0.29, 0.717) is 41.8 Å². The molecule has 4 aromatic rings. The molecule has 0 unspecified atom stereocenters. The Morgan fingerprint density at radius 2 is 2.14 bits per heavy atom. The van der Waals surface area contributed by atoms with Gasteiger partial charge in [0.05, 0.1) is 23.6 Å². The number of hydrogen-bond acceptors (Lipinski definition) is 8. The molecule has 1 aromatic carbocycles. The Hall–Kier alpha value is -3.31. The summed E-state index contributed by atoms with van der Waals surface area (Å²) >= 11 is 0. The Labute approximate surface area is 165 Å². The number of aromatic nitrogens is 5. The Morgan fingerprint density at radius 3 is 2.97 bits per heavy atom. The highest BCUT2D eigenvalue weighted by Gasteiger charge is 2.21. The smallest absolute Gasteiger partial charge is 0.261 e. The number of aryl methyl sites for hydroxylation is 1. The van der Waals surface area contributed by atoms with E-state index in [2.05, 4.69) is 25.1 Å². The van der Waals surface area contributed by atoms with Crippen molar-refractivity contribution in [3.05, 3.63) is 53.7 Å². The van der Waals surface area contributed by atoms with Crippen LogP contribution in [0.5, 0.6) is 5.75 Å². The van der Waals surface area contributed by atoms with E-state index >= 15 is 0 Å². The number of nitrogens with one attached hydrogen (secondary N) is 1. The van der Waals surface area contributed by atoms with Crippen molar-refractivity contribution in [2.24, 2.45) is 0 Å². The van der Waals surface area contributed by atoms with Gasteiger partial charge in [0.1, 0.15) is 5.75 Å². The maximum absolute atomic E-state index is 12.7. The summed E-state index contributed by atoms with van der Waals surface area (Å²) in [6.07, 6.45) is 2.45. The van der Waals surface area contributed by atoms with Crippen LogP contribution in [0.2, 0.25) is 0 Å². The zero-order valence-corrected chi connectivity index (χ0v) is 16.2. The van der Waals surface area contributed by atoms with Gasteiger partial charge in [-0.2, -0.15) is 4.98 Å². The van der Waals surface area contributed by atoms with E-state index < -0.39 is 10.0 Å². The molecule has 10 nitrogen and oxygen atoms in total. The molecule has 3 aromatic heterocycles. The molecule has 0 bridgehead atoms. The van der Waals surface area contributed by atoms with E-state index in [4.69, 9.17) is 9.26 Å². The van der Waals surface area contributed by atoms with Gasteiger partial charge in [0.25, 0.3) is 5.89 Å². The predicted molar refractivity (Wildman–Crippen MR) is 101 cm³/mol. The molecule has 29 heavy (non-hydrogen) atoms. The van der Waals surface area contributed by atoms with Crippen molar-refractivity contribution >= 4 is 15.7 Å². The molecule has 0 atom stereocenters. The summed E-state index contributed by atoms with van der Waals surface area (Å²) in [6, 6.07) is 8.43. The molecular formula is C18H16N6O4S. The molecular weight excluding hydrogens is 396 g/mol. The van der Waals surface area contributed by atoms with Crippen LogP contribution in [-0.2, 0) is 23.0 Å². The van der Waals surface area contributed by atoms with Crippen molar-refractivity contribution in [1.82, 2.24) is 29.5 Å². The van der Waals surface area contributed by atoms with E-state index in [0.717, 1.165) is 11.3 Å². The van der Waals surface area contributed by atoms with Crippen LogP contribution in [-0.4, -0.2) is 39.8 Å². The van der Waals surface area contributed by atoms with Gasteiger partial charge in [-0.05, 0) is 42.8 Å². The van der Waals surface area contributed by atoms with Crippen molar-refractivity contribution in [2.45, 2.75) is 24.8 Å². The third kappa shape index (κ3) is 3.13. The number of sulfonamides is 1. The van der Waals surface area contributed by atoms with Crippen molar-refractivity contribution in [2.75, 3.05) is 6.61 Å². The van der Waals surface area contributed by atoms with E-state index in [-0.39, 0.29) is 11.4 Å². The van der Waals surface area contributed by atoms with Crippen LogP contribution < -0.4 is 9.46 Å². The minimum atomic E-state index is -3.71. The standard InChI is InChI=1S/C18H16N6O4S/c1-11-20-18(28-23-11)14-3-2-7-24-16(21-22-17(14)24)10-19-29(25,26)13-4-5-15-12(9-13)6-8-27-15/h2-5,7,9,19H,6,8,10H2,1H3. The summed E-state index contributed by atoms with van der Waals surface area (Å²) in [5, 5.41) is 12.1. The second-order valence-electron chi connectivity index (χ2n) is 6.57. The molecule has 0 saturated heterocycles. The first-order valence-corrected chi connectivity index (χ1v) is 10.4. The van der Waals surface area contributed by atoms with Crippen LogP contribution in [0.3, 0.4) is 0 Å². The quantitative estimate of drug-likeness (QED) is 0.523. The fraction of sp³-hybridized carbons (Fsp3) is 0.222. The van der Waals surface area contributed by atoms with Gasteiger partial charge >= 0.3 is 0 Å². The van der Waals surface area contributed by atoms with Gasteiger partial charge < -0.3 is 9.26 Å². The highest BCUT2D eigenvalue weighted by Crippen LogP contribution is 2.27. The lowest BCUT2D eigenvalue weighted by atomic mass is 10.2. The Balaban J connectivity index is 1.42. The van der Waals surface area contributed by atoms with Crippen LogP contribution in [0, 0.1) is 6.92 Å². The topological polar surface area (TPSA) is 125 Å². The average Bonchev–Trinajstić information content (AvgIpc) is 3.45. The molecule has 0 saturated carbocycles. The number of pyridine rings is 1. The summed E-state index contributed by atoms with van der Waals surface area (Å²) in [4.78, 5) is 4.41. The van der Waals surface area contributed by atoms with Crippen LogP contribution >= 0.6 is 0 Å². The van der Waals surface area contributed by atoms with E-state index in [1.165, 1.54) is 6.07 Å². The summed E-state index contributed by atoms with van der Waals surface area (Å²) in [7, 11) is -3.71. The maximum Gasteiger partial charge on any atom is 0.261 e. The van der Waals surface area contributed by atoms with Gasteiger partial charge in [0.2, 0.25) is 10.0 Å². The zero-order chi connectivity index (χ0) is 20.0. The molecule has 0 spiro atoms. The molecule has 11 heteroatoms. The number of rotatable bonds is 5. The molecule has 1 aliphatic heterocycles. The van der Waals surface area contributed by atoms with Gasteiger partial charge in [-0.1, -0.05) is 5.16 Å². The molecule has 0 radical (unpaired) electrons. The van der Waals surface area contributed by atoms with Crippen molar-refractivity contribution in [3.63, 3.8) is 0 Å². The first-order valence-electron chi connectivity index (χ1n) is 8.90. The first kappa shape index (κ1) is 17.8. The number of hydrogen-bond donors (Lipinski definition) is 1. The largest absolute Gasteiger partial charge is 0.493 e. The normalized spacial score (nSPS) is 13.6. The number of benzene rings is 1. The minimum absolute atomic E-state index is 0.0244. The lowest BCUT2D eigenvalue weighted by molar-refractivity contribution is 0.356. The van der Waals surface area contributed by atoms with Gasteiger partial charge in [-0.15, -0.1) is 10.2 Å². The number of fused-ring (bicyclic) bond motifs is 2. The lowest BCUT2D eigenvalue weighted by Gasteiger charge is -2.07. The summed E-state index contributed by atoms with van der Waals surface area (Å²) in [5.74, 6) is 2.00. The monoisotopic (exact) mass is 412 g/mol. The van der Waals surface area contributed by atoms with Crippen LogP contribution in [0.15, 0.2) is 45.9 Å². The maximum atomic E-state index is 12.7. The Bertz CT molecular complexity index is 1330. The van der Waals surface area contributed by atoms with Crippen molar-refractivity contribution < 1.29 is 17.7 Å². The summed E-state index contributed by atoms with van der Waals surface area (Å²) in [5.41, 5.74) is 2.01. The third-order valence-electron chi connectivity index (χ3n) is 4.65. The highest BCUT2D eigenvalue weighted by atomic mass is 32.2. The van der Waals surface area contributed by atoms with Gasteiger partial charge in [0.15, 0.2) is 17.3 Å². The summed E-state index contributed by atoms with van der Waals surface area (Å²) in [6.45, 7) is 2.27. The second kappa shape index (κ2) is 6.64. The Kier molecular flexibility index (Phi) is 4.07. The van der Waals surface area contributed by atoms with E-state index in [9.17, 15) is 8.42 Å². The van der Waals surface area contributed by atoms with Crippen LogP contribution in [0.1, 0.15) is 17.2 Å². The van der Waals surface area contributed by atoms with Gasteiger partial charge in [-0.25, -0.2) is 13.1 Å². The van der Waals surface area contributed by atoms with Gasteiger partial charge in [-0.3, -0.25) is 4.40 Å². The number of ether oxygens (including phenoxy) is 1. The predicted octanol–water partition coefficient (Wildman–Crippen LogP) is 1.50. The fourth-order valence-electron chi connectivity index (χ4n) is 3.23. The molecule has 5 rings (SSSR count). The molecule has 148 valence electrons. The van der Waals surface area contributed by atoms with E-state index in [1.54, 1.807) is 41.8 Å². The van der Waals surface area contributed by atoms with Crippen molar-refractivity contribution in [1.29, 1.82) is 0 Å².